The van der Waals surface area contributed by atoms with Gasteiger partial charge >= 0.3 is 6.03 Å². The summed E-state index contributed by atoms with van der Waals surface area (Å²) in [6.07, 6.45) is 4.85. The van der Waals surface area contributed by atoms with Gasteiger partial charge in [0.1, 0.15) is 0 Å². The molecule has 0 bridgehead atoms. The molecular formula is C20H30N2O3. The first-order valence-electron chi connectivity index (χ1n) is 9.52. The van der Waals surface area contributed by atoms with Gasteiger partial charge in [-0.1, -0.05) is 43.2 Å². The standard InChI is InChI=1S/C20H30N2O3/c1-15(23)17-11-12-22(13-17)20(24)21-18-9-5-6-10-19(18)25-14-16-7-3-2-4-8-16/h2-4,7-8,15,17-19,23H,5-6,9-14H2,1H3,(H,21,24)/t15-,17+,18+,19+/m0/s1. The molecule has 1 heterocycles. The molecule has 0 spiro atoms. The fourth-order valence-electron chi connectivity index (χ4n) is 3.85. The number of carbonyl (C=O) groups is 1. The molecule has 1 aliphatic heterocycles. The fraction of sp³-hybridized carbons (Fsp3) is 0.650. The average molecular weight is 346 g/mol. The molecule has 2 fully saturated rings. The van der Waals surface area contributed by atoms with Crippen LogP contribution in [0.2, 0.25) is 0 Å². The van der Waals surface area contributed by atoms with E-state index in [2.05, 4.69) is 17.4 Å². The molecule has 138 valence electrons. The average Bonchev–Trinajstić information content (AvgIpc) is 3.12. The second-order valence-electron chi connectivity index (χ2n) is 7.41. The molecular weight excluding hydrogens is 316 g/mol. The number of hydrogen-bond acceptors (Lipinski definition) is 3. The topological polar surface area (TPSA) is 61.8 Å². The lowest BCUT2D eigenvalue weighted by Gasteiger charge is -2.33. The third-order valence-electron chi connectivity index (χ3n) is 5.51. The van der Waals surface area contributed by atoms with E-state index in [4.69, 9.17) is 4.74 Å². The first-order valence-corrected chi connectivity index (χ1v) is 9.52. The van der Waals surface area contributed by atoms with Crippen LogP contribution in [0.25, 0.3) is 0 Å². The number of aliphatic hydroxyl groups excluding tert-OH is 1. The van der Waals surface area contributed by atoms with Crippen molar-refractivity contribution in [3.63, 3.8) is 0 Å². The van der Waals surface area contributed by atoms with E-state index in [9.17, 15) is 9.90 Å². The summed E-state index contributed by atoms with van der Waals surface area (Å²) in [5, 5.41) is 12.9. The quantitative estimate of drug-likeness (QED) is 0.862. The van der Waals surface area contributed by atoms with Crippen LogP contribution in [0.1, 0.15) is 44.6 Å². The van der Waals surface area contributed by atoms with Gasteiger partial charge in [0.25, 0.3) is 0 Å². The molecule has 0 aromatic heterocycles. The minimum atomic E-state index is -0.352. The monoisotopic (exact) mass is 346 g/mol. The van der Waals surface area contributed by atoms with Crippen LogP contribution in [0.5, 0.6) is 0 Å². The Morgan fingerprint density at radius 2 is 2.04 bits per heavy atom. The van der Waals surface area contributed by atoms with Crippen LogP contribution in [0.3, 0.4) is 0 Å². The highest BCUT2D eigenvalue weighted by Crippen LogP contribution is 2.24. The lowest BCUT2D eigenvalue weighted by atomic mass is 9.92. The Hall–Kier alpha value is -1.59. The van der Waals surface area contributed by atoms with E-state index in [1.165, 1.54) is 0 Å². The van der Waals surface area contributed by atoms with Gasteiger partial charge in [-0.2, -0.15) is 0 Å². The summed E-state index contributed by atoms with van der Waals surface area (Å²) < 4.78 is 6.13. The van der Waals surface area contributed by atoms with Crippen LogP contribution in [-0.4, -0.2) is 47.4 Å². The zero-order valence-corrected chi connectivity index (χ0v) is 15.1. The van der Waals surface area contributed by atoms with Crippen molar-refractivity contribution >= 4 is 6.03 Å². The summed E-state index contributed by atoms with van der Waals surface area (Å²) in [6.45, 7) is 3.77. The third kappa shape index (κ3) is 4.95. The van der Waals surface area contributed by atoms with E-state index >= 15 is 0 Å². The molecule has 25 heavy (non-hydrogen) atoms. The van der Waals surface area contributed by atoms with Gasteiger partial charge in [0.05, 0.1) is 24.9 Å². The highest BCUT2D eigenvalue weighted by molar-refractivity contribution is 5.75. The summed E-state index contributed by atoms with van der Waals surface area (Å²) in [6, 6.07) is 10.2. The van der Waals surface area contributed by atoms with Gasteiger partial charge in [-0.15, -0.1) is 0 Å². The number of carbonyl (C=O) groups excluding carboxylic acids is 1. The molecule has 3 rings (SSSR count). The normalized spacial score (nSPS) is 27.9. The lowest BCUT2D eigenvalue weighted by Crippen LogP contribution is -2.50. The molecule has 1 aromatic rings. The molecule has 1 aliphatic carbocycles. The summed E-state index contributed by atoms with van der Waals surface area (Å²) in [5.74, 6) is 0.197. The zero-order chi connectivity index (χ0) is 17.6. The number of nitrogens with one attached hydrogen (secondary N) is 1. The molecule has 5 heteroatoms. The fourth-order valence-corrected chi connectivity index (χ4v) is 3.85. The first-order chi connectivity index (χ1) is 12.1. The summed E-state index contributed by atoms with van der Waals surface area (Å²) in [4.78, 5) is 14.4. The lowest BCUT2D eigenvalue weighted by molar-refractivity contribution is -0.00368. The van der Waals surface area contributed by atoms with Crippen LogP contribution < -0.4 is 5.32 Å². The van der Waals surface area contributed by atoms with E-state index in [1.807, 2.05) is 23.1 Å². The molecule has 4 atom stereocenters. The predicted molar refractivity (Wildman–Crippen MR) is 97.2 cm³/mol. The molecule has 1 saturated carbocycles. The number of rotatable bonds is 5. The SMILES string of the molecule is C[C@H](O)[C@@H]1CCN(C(=O)N[C@@H]2CCCC[C@H]2OCc2ccccc2)C1. The van der Waals surface area contributed by atoms with Gasteiger partial charge in [-0.25, -0.2) is 4.79 Å². The Morgan fingerprint density at radius 3 is 2.76 bits per heavy atom. The van der Waals surface area contributed by atoms with Crippen LogP contribution in [0.15, 0.2) is 30.3 Å². The number of amides is 2. The smallest absolute Gasteiger partial charge is 0.317 e. The molecule has 1 aromatic carbocycles. The number of hydrogen-bond donors (Lipinski definition) is 2. The minimum Gasteiger partial charge on any atom is -0.393 e. The van der Waals surface area contributed by atoms with Gasteiger partial charge in [-0.3, -0.25) is 0 Å². The number of ether oxygens (including phenoxy) is 1. The van der Waals surface area contributed by atoms with Crippen LogP contribution in [-0.2, 0) is 11.3 Å². The summed E-state index contributed by atoms with van der Waals surface area (Å²) in [5.41, 5.74) is 1.16. The van der Waals surface area contributed by atoms with Crippen LogP contribution in [0, 0.1) is 5.92 Å². The molecule has 2 amide bonds. The van der Waals surface area contributed by atoms with E-state index < -0.39 is 0 Å². The largest absolute Gasteiger partial charge is 0.393 e. The predicted octanol–water partition coefficient (Wildman–Crippen LogP) is 2.93. The highest BCUT2D eigenvalue weighted by atomic mass is 16.5. The third-order valence-corrected chi connectivity index (χ3v) is 5.51. The van der Waals surface area contributed by atoms with Crippen LogP contribution in [0.4, 0.5) is 4.79 Å². The Morgan fingerprint density at radius 1 is 1.28 bits per heavy atom. The van der Waals surface area contributed by atoms with Crippen molar-refractivity contribution in [2.45, 2.75) is 63.9 Å². The number of nitrogens with zero attached hydrogens (tertiary/aromatic N) is 1. The molecule has 2 aliphatic rings. The number of urea groups is 1. The second kappa shape index (κ2) is 8.68. The van der Waals surface area contributed by atoms with Crippen LogP contribution >= 0.6 is 0 Å². The maximum atomic E-state index is 12.6. The Balaban J connectivity index is 1.51. The van der Waals surface area contributed by atoms with Crippen molar-refractivity contribution in [2.24, 2.45) is 5.92 Å². The number of likely N-dealkylation sites (tertiary alicyclic amines) is 1. The molecule has 5 nitrogen and oxygen atoms in total. The van der Waals surface area contributed by atoms with E-state index in [0.717, 1.165) is 44.2 Å². The van der Waals surface area contributed by atoms with Gasteiger partial charge in [0, 0.05) is 19.0 Å². The molecule has 0 radical (unpaired) electrons. The second-order valence-corrected chi connectivity index (χ2v) is 7.41. The minimum absolute atomic E-state index is 0.0108. The summed E-state index contributed by atoms with van der Waals surface area (Å²) in [7, 11) is 0. The number of aliphatic hydroxyl groups is 1. The Kier molecular flexibility index (Phi) is 6.32. The van der Waals surface area contributed by atoms with Crippen molar-refractivity contribution in [3.8, 4) is 0 Å². The zero-order valence-electron chi connectivity index (χ0n) is 15.1. The number of benzene rings is 1. The molecule has 2 N–H and O–H groups in total. The Labute approximate surface area is 150 Å². The van der Waals surface area contributed by atoms with Crippen molar-refractivity contribution in [1.29, 1.82) is 0 Å². The maximum absolute atomic E-state index is 12.6. The first kappa shape index (κ1) is 18.2. The molecule has 0 unspecified atom stereocenters. The van der Waals surface area contributed by atoms with Crippen molar-refractivity contribution in [2.75, 3.05) is 13.1 Å². The van der Waals surface area contributed by atoms with Gasteiger partial charge < -0.3 is 20.1 Å². The van der Waals surface area contributed by atoms with E-state index in [-0.39, 0.29) is 30.2 Å². The van der Waals surface area contributed by atoms with E-state index in [1.54, 1.807) is 6.92 Å². The van der Waals surface area contributed by atoms with Gasteiger partial charge in [0.15, 0.2) is 0 Å². The maximum Gasteiger partial charge on any atom is 0.317 e. The Bertz CT molecular complexity index is 549. The van der Waals surface area contributed by atoms with Crippen molar-refractivity contribution in [1.82, 2.24) is 10.2 Å². The highest BCUT2D eigenvalue weighted by Gasteiger charge is 2.32. The van der Waals surface area contributed by atoms with E-state index in [0.29, 0.717) is 13.2 Å². The summed E-state index contributed by atoms with van der Waals surface area (Å²) >= 11 is 0. The van der Waals surface area contributed by atoms with Crippen molar-refractivity contribution in [3.05, 3.63) is 35.9 Å². The van der Waals surface area contributed by atoms with Crippen molar-refractivity contribution < 1.29 is 14.6 Å². The molecule has 1 saturated heterocycles. The van der Waals surface area contributed by atoms with Gasteiger partial charge in [0.2, 0.25) is 0 Å². The van der Waals surface area contributed by atoms with Gasteiger partial charge in [-0.05, 0) is 31.7 Å².